The van der Waals surface area contributed by atoms with Crippen LogP contribution in [0.1, 0.15) is 23.0 Å². The van der Waals surface area contributed by atoms with Gasteiger partial charge in [0.05, 0.1) is 6.54 Å². The summed E-state index contributed by atoms with van der Waals surface area (Å²) in [4.78, 5) is 34.7. The summed E-state index contributed by atoms with van der Waals surface area (Å²) in [6.07, 6.45) is 0. The van der Waals surface area contributed by atoms with Crippen LogP contribution in [0.15, 0.2) is 34.9 Å². The average molecular weight is 316 g/mol. The second-order valence-electron chi connectivity index (χ2n) is 4.82. The van der Waals surface area contributed by atoms with Crippen molar-refractivity contribution in [3.05, 3.63) is 41.7 Å². The van der Waals surface area contributed by atoms with Gasteiger partial charge in [-0.3, -0.25) is 14.4 Å². The van der Waals surface area contributed by atoms with E-state index >= 15 is 0 Å². The molecule has 0 spiro atoms. The Bertz CT molecular complexity index is 739. The number of aromatic nitrogens is 1. The number of carbonyl (C=O) groups is 3. The zero-order valence-corrected chi connectivity index (χ0v) is 12.7. The van der Waals surface area contributed by atoms with Gasteiger partial charge in [-0.05, 0) is 25.1 Å². The Hall–Kier alpha value is -3.16. The molecular weight excluding hydrogens is 300 g/mol. The minimum absolute atomic E-state index is 0.213. The summed E-state index contributed by atoms with van der Waals surface area (Å²) < 4.78 is 4.82. The third kappa shape index (κ3) is 4.95. The van der Waals surface area contributed by atoms with Gasteiger partial charge >= 0.3 is 0 Å². The van der Waals surface area contributed by atoms with E-state index in [1.54, 1.807) is 31.2 Å². The molecule has 0 radical (unpaired) electrons. The van der Waals surface area contributed by atoms with Gasteiger partial charge in [0.15, 0.2) is 5.82 Å². The third-order valence-electron chi connectivity index (χ3n) is 2.75. The van der Waals surface area contributed by atoms with Crippen molar-refractivity contribution in [3.63, 3.8) is 0 Å². The molecule has 1 aromatic heterocycles. The van der Waals surface area contributed by atoms with Gasteiger partial charge in [-0.1, -0.05) is 11.2 Å². The lowest BCUT2D eigenvalue weighted by atomic mass is 10.2. The fourth-order valence-corrected chi connectivity index (χ4v) is 1.82. The number of hydrogen-bond acceptors (Lipinski definition) is 5. The Morgan fingerprint density at radius 2 is 1.96 bits per heavy atom. The van der Waals surface area contributed by atoms with E-state index in [2.05, 4.69) is 21.1 Å². The molecule has 3 N–H and O–H groups in total. The third-order valence-corrected chi connectivity index (χ3v) is 2.75. The standard InChI is InChI=1S/C15H16N4O4/c1-9-6-13(19-23-9)18-14(21)8-16-15(22)11-4-3-5-12(7-11)17-10(2)20/h3-7H,8H2,1-2H3,(H,16,22)(H,17,20)(H,18,19,21). The Morgan fingerprint density at radius 3 is 2.61 bits per heavy atom. The van der Waals surface area contributed by atoms with Gasteiger partial charge < -0.3 is 20.5 Å². The molecule has 0 aliphatic heterocycles. The second-order valence-corrected chi connectivity index (χ2v) is 4.82. The van der Waals surface area contributed by atoms with Crippen LogP contribution in [0.2, 0.25) is 0 Å². The van der Waals surface area contributed by atoms with Crippen molar-refractivity contribution in [1.82, 2.24) is 10.5 Å². The van der Waals surface area contributed by atoms with E-state index in [1.807, 2.05) is 0 Å². The van der Waals surface area contributed by atoms with Crippen molar-refractivity contribution in [2.24, 2.45) is 0 Å². The summed E-state index contributed by atoms with van der Waals surface area (Å²) in [6, 6.07) is 7.97. The molecule has 23 heavy (non-hydrogen) atoms. The molecule has 120 valence electrons. The lowest BCUT2D eigenvalue weighted by Gasteiger charge is -2.07. The molecular formula is C15H16N4O4. The number of hydrogen-bond donors (Lipinski definition) is 3. The van der Waals surface area contributed by atoms with Crippen LogP contribution in [-0.2, 0) is 9.59 Å². The molecule has 0 fully saturated rings. The largest absolute Gasteiger partial charge is 0.360 e. The lowest BCUT2D eigenvalue weighted by molar-refractivity contribution is -0.115. The fourth-order valence-electron chi connectivity index (χ4n) is 1.82. The summed E-state index contributed by atoms with van der Waals surface area (Å²) >= 11 is 0. The Labute approximate surface area is 132 Å². The van der Waals surface area contributed by atoms with Crippen molar-refractivity contribution in [1.29, 1.82) is 0 Å². The summed E-state index contributed by atoms with van der Waals surface area (Å²) in [6.45, 7) is 2.87. The molecule has 0 saturated carbocycles. The van der Waals surface area contributed by atoms with Crippen LogP contribution in [0.4, 0.5) is 11.5 Å². The van der Waals surface area contributed by atoms with E-state index < -0.39 is 11.8 Å². The predicted molar refractivity (Wildman–Crippen MR) is 82.9 cm³/mol. The Morgan fingerprint density at radius 1 is 1.17 bits per heavy atom. The first kappa shape index (κ1) is 16.2. The Kier molecular flexibility index (Phi) is 5.08. The maximum Gasteiger partial charge on any atom is 0.251 e. The second kappa shape index (κ2) is 7.21. The number of anilines is 2. The monoisotopic (exact) mass is 316 g/mol. The molecule has 0 aliphatic rings. The summed E-state index contributed by atoms with van der Waals surface area (Å²) in [5, 5.41) is 11.2. The van der Waals surface area contributed by atoms with Crippen LogP contribution in [0.25, 0.3) is 0 Å². The molecule has 0 atom stereocenters. The van der Waals surface area contributed by atoms with E-state index in [0.717, 1.165) is 0 Å². The summed E-state index contributed by atoms with van der Waals surface area (Å²) in [5.74, 6) is -0.230. The van der Waals surface area contributed by atoms with Crippen LogP contribution in [0.5, 0.6) is 0 Å². The number of nitrogens with one attached hydrogen (secondary N) is 3. The van der Waals surface area contributed by atoms with E-state index in [4.69, 9.17) is 4.52 Å². The molecule has 2 aromatic rings. The van der Waals surface area contributed by atoms with Gasteiger partial charge in [-0.2, -0.15) is 0 Å². The van der Waals surface area contributed by atoms with Crippen molar-refractivity contribution >= 4 is 29.2 Å². The SMILES string of the molecule is CC(=O)Nc1cccc(C(=O)NCC(=O)Nc2cc(C)on2)c1. The number of aryl methyl sites for hydroxylation is 1. The molecule has 0 bridgehead atoms. The minimum atomic E-state index is -0.427. The molecule has 2 rings (SSSR count). The van der Waals surface area contributed by atoms with Crippen molar-refractivity contribution in [3.8, 4) is 0 Å². The van der Waals surface area contributed by atoms with Gasteiger partial charge in [0.25, 0.3) is 5.91 Å². The molecule has 0 unspecified atom stereocenters. The van der Waals surface area contributed by atoms with Gasteiger partial charge in [0.1, 0.15) is 5.76 Å². The van der Waals surface area contributed by atoms with Crippen LogP contribution < -0.4 is 16.0 Å². The minimum Gasteiger partial charge on any atom is -0.360 e. The molecule has 8 heteroatoms. The number of rotatable bonds is 5. The van der Waals surface area contributed by atoms with Gasteiger partial charge in [-0.25, -0.2) is 0 Å². The van der Waals surface area contributed by atoms with E-state index in [1.165, 1.54) is 13.0 Å². The normalized spacial score (nSPS) is 10.0. The van der Waals surface area contributed by atoms with Crippen molar-refractivity contribution in [2.75, 3.05) is 17.2 Å². The Balaban J connectivity index is 1.89. The maximum atomic E-state index is 12.0. The fraction of sp³-hybridized carbons (Fsp3) is 0.200. The molecule has 0 aliphatic carbocycles. The molecule has 1 aromatic carbocycles. The summed E-state index contributed by atoms with van der Waals surface area (Å²) in [7, 11) is 0. The van der Waals surface area contributed by atoms with Gasteiger partial charge in [-0.15, -0.1) is 0 Å². The molecule has 1 heterocycles. The average Bonchev–Trinajstić information content (AvgIpc) is 2.89. The first-order valence-electron chi connectivity index (χ1n) is 6.83. The lowest BCUT2D eigenvalue weighted by Crippen LogP contribution is -2.32. The van der Waals surface area contributed by atoms with Crippen molar-refractivity contribution < 1.29 is 18.9 Å². The number of carbonyl (C=O) groups excluding carboxylic acids is 3. The highest BCUT2D eigenvalue weighted by Gasteiger charge is 2.10. The van der Waals surface area contributed by atoms with Crippen LogP contribution in [0, 0.1) is 6.92 Å². The zero-order chi connectivity index (χ0) is 16.8. The van der Waals surface area contributed by atoms with Crippen LogP contribution in [-0.4, -0.2) is 29.4 Å². The van der Waals surface area contributed by atoms with Crippen LogP contribution >= 0.6 is 0 Å². The van der Waals surface area contributed by atoms with Gasteiger partial charge in [0, 0.05) is 24.2 Å². The first-order valence-corrected chi connectivity index (χ1v) is 6.83. The van der Waals surface area contributed by atoms with Crippen molar-refractivity contribution in [2.45, 2.75) is 13.8 Å². The molecule has 0 saturated heterocycles. The van der Waals surface area contributed by atoms with Gasteiger partial charge in [0.2, 0.25) is 11.8 Å². The smallest absolute Gasteiger partial charge is 0.251 e. The number of amides is 3. The van der Waals surface area contributed by atoms with E-state index in [0.29, 0.717) is 17.0 Å². The number of benzene rings is 1. The van der Waals surface area contributed by atoms with E-state index in [-0.39, 0.29) is 18.3 Å². The van der Waals surface area contributed by atoms with E-state index in [9.17, 15) is 14.4 Å². The molecule has 8 nitrogen and oxygen atoms in total. The predicted octanol–water partition coefficient (Wildman–Crippen LogP) is 1.31. The first-order chi connectivity index (χ1) is 10.9. The topological polar surface area (TPSA) is 113 Å². The summed E-state index contributed by atoms with van der Waals surface area (Å²) in [5.41, 5.74) is 0.842. The zero-order valence-electron chi connectivity index (χ0n) is 12.7. The highest BCUT2D eigenvalue weighted by atomic mass is 16.5. The molecule has 3 amide bonds. The van der Waals surface area contributed by atoms with Crippen LogP contribution in [0.3, 0.4) is 0 Å². The quantitative estimate of drug-likeness (QED) is 0.769. The highest BCUT2D eigenvalue weighted by Crippen LogP contribution is 2.10. The number of nitrogens with zero attached hydrogens (tertiary/aromatic N) is 1. The highest BCUT2D eigenvalue weighted by molar-refractivity contribution is 6.00. The maximum absolute atomic E-state index is 12.0.